The van der Waals surface area contributed by atoms with Crippen LogP contribution in [0.15, 0.2) is 30.6 Å². The largest absolute Gasteiger partial charge is 0.388 e. The number of hydrogen-bond donors (Lipinski definition) is 1. The monoisotopic (exact) mass is 300 g/mol. The lowest BCUT2D eigenvalue weighted by Crippen LogP contribution is -2.20. The summed E-state index contributed by atoms with van der Waals surface area (Å²) in [7, 11) is 0. The summed E-state index contributed by atoms with van der Waals surface area (Å²) < 4.78 is 0. The maximum absolute atomic E-state index is 10.2. The number of aromatic nitrogens is 1. The van der Waals surface area contributed by atoms with Gasteiger partial charge in [0.25, 0.3) is 0 Å². The van der Waals surface area contributed by atoms with Crippen molar-refractivity contribution >= 4 is 17.3 Å². The molecule has 2 heterocycles. The van der Waals surface area contributed by atoms with E-state index in [9.17, 15) is 5.11 Å². The number of pyridine rings is 1. The van der Waals surface area contributed by atoms with Crippen LogP contribution in [0.5, 0.6) is 0 Å². The summed E-state index contributed by atoms with van der Waals surface area (Å²) in [5.41, 5.74) is 6.05. The van der Waals surface area contributed by atoms with Gasteiger partial charge in [-0.1, -0.05) is 17.7 Å². The van der Waals surface area contributed by atoms with Crippen molar-refractivity contribution in [3.63, 3.8) is 0 Å². The molecule has 1 unspecified atom stereocenters. The summed E-state index contributed by atoms with van der Waals surface area (Å²) in [5.74, 6) is 0. The molecule has 2 aromatic rings. The molecule has 108 valence electrons. The van der Waals surface area contributed by atoms with Crippen LogP contribution in [0.25, 0.3) is 0 Å². The fourth-order valence-corrected chi connectivity index (χ4v) is 3.68. The summed E-state index contributed by atoms with van der Waals surface area (Å²) in [4.78, 5) is 6.68. The molecule has 0 fully saturated rings. The van der Waals surface area contributed by atoms with Gasteiger partial charge in [0.05, 0.1) is 18.0 Å². The van der Waals surface area contributed by atoms with Crippen LogP contribution in [-0.4, -0.2) is 10.1 Å². The first-order chi connectivity index (χ1) is 10.2. The quantitative estimate of drug-likeness (QED) is 0.874. The zero-order valence-electron chi connectivity index (χ0n) is 11.7. The average Bonchev–Trinajstić information content (AvgIpc) is 2.90. The van der Waals surface area contributed by atoms with Gasteiger partial charge < -0.3 is 10.0 Å². The standard InChI is InChI=1S/C17H17ClN2O/c18-13-5-4-11-9-20(10-12(11)6-13)16-8-19-7-15-14(16)2-1-3-17(15)21/h4-8,17,21H,1-3,9-10H2. The molecule has 0 radical (unpaired) electrons. The average molecular weight is 301 g/mol. The van der Waals surface area contributed by atoms with Crippen molar-refractivity contribution in [1.29, 1.82) is 0 Å². The number of nitrogens with zero attached hydrogens (tertiary/aromatic N) is 2. The van der Waals surface area contributed by atoms with Crippen molar-refractivity contribution in [2.75, 3.05) is 4.90 Å². The van der Waals surface area contributed by atoms with E-state index in [4.69, 9.17) is 11.6 Å². The van der Waals surface area contributed by atoms with Crippen molar-refractivity contribution < 1.29 is 5.11 Å². The van der Waals surface area contributed by atoms with Crippen molar-refractivity contribution in [3.05, 3.63) is 57.9 Å². The number of aliphatic hydroxyl groups excluding tert-OH is 1. The number of benzene rings is 1. The van der Waals surface area contributed by atoms with Crippen molar-refractivity contribution in [1.82, 2.24) is 4.98 Å². The van der Waals surface area contributed by atoms with E-state index in [2.05, 4.69) is 22.0 Å². The Balaban J connectivity index is 1.72. The molecule has 4 rings (SSSR count). The van der Waals surface area contributed by atoms with Gasteiger partial charge in [0.2, 0.25) is 0 Å². The molecule has 0 bridgehead atoms. The van der Waals surface area contributed by atoms with Crippen molar-refractivity contribution in [2.45, 2.75) is 38.5 Å². The van der Waals surface area contributed by atoms with Crippen molar-refractivity contribution in [2.24, 2.45) is 0 Å². The van der Waals surface area contributed by atoms with Gasteiger partial charge in [-0.25, -0.2) is 0 Å². The lowest BCUT2D eigenvalue weighted by Gasteiger charge is -2.27. The number of anilines is 1. The maximum atomic E-state index is 10.2. The number of hydrogen-bond acceptors (Lipinski definition) is 3. The zero-order valence-corrected chi connectivity index (χ0v) is 12.5. The van der Waals surface area contributed by atoms with Crippen LogP contribution in [0.2, 0.25) is 5.02 Å². The molecular weight excluding hydrogens is 284 g/mol. The Bertz CT molecular complexity index is 701. The molecule has 3 nitrogen and oxygen atoms in total. The first kappa shape index (κ1) is 13.1. The first-order valence-corrected chi connectivity index (χ1v) is 7.77. The van der Waals surface area contributed by atoms with E-state index in [1.807, 2.05) is 18.5 Å². The third-order valence-corrected chi connectivity index (χ3v) is 4.80. The highest BCUT2D eigenvalue weighted by molar-refractivity contribution is 6.30. The Hall–Kier alpha value is -1.58. The van der Waals surface area contributed by atoms with Gasteiger partial charge in [-0.15, -0.1) is 0 Å². The highest BCUT2D eigenvalue weighted by Gasteiger charge is 2.26. The molecule has 21 heavy (non-hydrogen) atoms. The fraction of sp³-hybridized carbons (Fsp3) is 0.353. The minimum absolute atomic E-state index is 0.361. The maximum Gasteiger partial charge on any atom is 0.0808 e. The molecular formula is C17H17ClN2O. The Morgan fingerprint density at radius 1 is 1.19 bits per heavy atom. The Morgan fingerprint density at radius 2 is 2.05 bits per heavy atom. The summed E-state index contributed by atoms with van der Waals surface area (Å²) in [6.45, 7) is 1.75. The molecule has 1 aliphatic carbocycles. The molecule has 1 N–H and O–H groups in total. The number of rotatable bonds is 1. The third-order valence-electron chi connectivity index (χ3n) is 4.56. The van der Waals surface area contributed by atoms with Crippen LogP contribution >= 0.6 is 11.6 Å². The number of fused-ring (bicyclic) bond motifs is 2. The highest BCUT2D eigenvalue weighted by Crippen LogP contribution is 2.38. The van der Waals surface area contributed by atoms with Crippen LogP contribution in [-0.2, 0) is 19.5 Å². The van der Waals surface area contributed by atoms with Crippen LogP contribution in [0.3, 0.4) is 0 Å². The second-order valence-corrected chi connectivity index (χ2v) is 6.34. The molecule has 2 aliphatic rings. The summed E-state index contributed by atoms with van der Waals surface area (Å²) >= 11 is 6.09. The fourth-order valence-electron chi connectivity index (χ4n) is 3.49. The van der Waals surface area contributed by atoms with Gasteiger partial charge in [0.15, 0.2) is 0 Å². The zero-order chi connectivity index (χ0) is 14.4. The minimum Gasteiger partial charge on any atom is -0.388 e. The Labute approximate surface area is 129 Å². The predicted molar refractivity (Wildman–Crippen MR) is 83.5 cm³/mol. The van der Waals surface area contributed by atoms with Gasteiger partial charge in [-0.05, 0) is 48.1 Å². The van der Waals surface area contributed by atoms with Crippen LogP contribution in [0.1, 0.15) is 41.2 Å². The second kappa shape index (κ2) is 5.00. The van der Waals surface area contributed by atoms with E-state index in [0.717, 1.165) is 42.9 Å². The van der Waals surface area contributed by atoms with Crippen molar-refractivity contribution in [3.8, 4) is 0 Å². The molecule has 1 aromatic heterocycles. The van der Waals surface area contributed by atoms with Gasteiger partial charge in [-0.3, -0.25) is 4.98 Å². The number of halogens is 1. The van der Waals surface area contributed by atoms with E-state index in [0.29, 0.717) is 0 Å². The van der Waals surface area contributed by atoms with Gasteiger partial charge in [-0.2, -0.15) is 0 Å². The minimum atomic E-state index is -0.361. The van der Waals surface area contributed by atoms with E-state index < -0.39 is 0 Å². The lowest BCUT2D eigenvalue weighted by atomic mass is 9.90. The normalized spacial score (nSPS) is 20.3. The Morgan fingerprint density at radius 3 is 2.95 bits per heavy atom. The van der Waals surface area contributed by atoms with E-state index in [1.54, 1.807) is 0 Å². The molecule has 0 saturated carbocycles. The van der Waals surface area contributed by atoms with Gasteiger partial charge in [0.1, 0.15) is 0 Å². The summed E-state index contributed by atoms with van der Waals surface area (Å²) in [6.07, 6.45) is 6.30. The second-order valence-electron chi connectivity index (χ2n) is 5.90. The molecule has 4 heteroatoms. The van der Waals surface area contributed by atoms with E-state index in [1.165, 1.54) is 22.4 Å². The SMILES string of the molecule is OC1CCCc2c1cncc2N1Cc2ccc(Cl)cc2C1. The Kier molecular flexibility index (Phi) is 3.12. The van der Waals surface area contributed by atoms with E-state index in [-0.39, 0.29) is 6.10 Å². The molecule has 1 aromatic carbocycles. The number of aliphatic hydroxyl groups is 1. The molecule has 1 aliphatic heterocycles. The van der Waals surface area contributed by atoms with Crippen LogP contribution in [0, 0.1) is 0 Å². The molecule has 0 amide bonds. The molecule has 1 atom stereocenters. The van der Waals surface area contributed by atoms with Gasteiger partial charge >= 0.3 is 0 Å². The molecule has 0 saturated heterocycles. The summed E-state index contributed by atoms with van der Waals surface area (Å²) in [5, 5.41) is 11.0. The smallest absolute Gasteiger partial charge is 0.0808 e. The summed E-state index contributed by atoms with van der Waals surface area (Å²) in [6, 6.07) is 6.11. The van der Waals surface area contributed by atoms with Gasteiger partial charge in [0, 0.05) is 29.9 Å². The van der Waals surface area contributed by atoms with E-state index >= 15 is 0 Å². The molecule has 0 spiro atoms. The first-order valence-electron chi connectivity index (χ1n) is 7.39. The van der Waals surface area contributed by atoms with Crippen LogP contribution < -0.4 is 4.90 Å². The highest BCUT2D eigenvalue weighted by atomic mass is 35.5. The third kappa shape index (κ3) is 2.21. The topological polar surface area (TPSA) is 36.4 Å². The lowest BCUT2D eigenvalue weighted by molar-refractivity contribution is 0.156. The predicted octanol–water partition coefficient (Wildman–Crippen LogP) is 3.62. The van der Waals surface area contributed by atoms with Crippen LogP contribution in [0.4, 0.5) is 5.69 Å².